The number of hydrogen-bond acceptors (Lipinski definition) is 7. The molecule has 0 unspecified atom stereocenters. The van der Waals surface area contributed by atoms with Crippen molar-refractivity contribution in [2.45, 2.75) is 33.2 Å². The van der Waals surface area contributed by atoms with Gasteiger partial charge in [-0.2, -0.15) is 10.4 Å². The lowest BCUT2D eigenvalue weighted by atomic mass is 10.0. The number of thiophene rings is 1. The maximum Gasteiger partial charge on any atom is 0.262 e. The van der Waals surface area contributed by atoms with Crippen molar-refractivity contribution in [3.63, 3.8) is 0 Å². The van der Waals surface area contributed by atoms with Gasteiger partial charge in [0.05, 0.1) is 19.2 Å². The predicted octanol–water partition coefficient (Wildman–Crippen LogP) is 2.88. The zero-order valence-electron chi connectivity index (χ0n) is 17.8. The lowest BCUT2D eigenvalue weighted by Crippen LogP contribution is -2.49. The molecule has 164 valence electrons. The molecule has 31 heavy (non-hydrogen) atoms. The van der Waals surface area contributed by atoms with E-state index in [0.717, 1.165) is 4.88 Å². The Morgan fingerprint density at radius 1 is 1.26 bits per heavy atom. The van der Waals surface area contributed by atoms with Crippen molar-refractivity contribution in [2.75, 3.05) is 13.2 Å². The normalized spacial score (nSPS) is 11.7. The molecule has 0 fully saturated rings. The van der Waals surface area contributed by atoms with Crippen LogP contribution in [0.2, 0.25) is 0 Å². The first-order valence-electron chi connectivity index (χ1n) is 9.85. The largest absolute Gasteiger partial charge is 0.490 e. The van der Waals surface area contributed by atoms with Crippen LogP contribution in [0.4, 0.5) is 0 Å². The molecule has 0 bridgehead atoms. The third kappa shape index (κ3) is 7.75. The Kier molecular flexibility index (Phi) is 9.52. The lowest BCUT2D eigenvalue weighted by molar-refractivity contribution is -0.129. The van der Waals surface area contributed by atoms with Gasteiger partial charge in [0.2, 0.25) is 5.91 Å². The number of ether oxygens (including phenoxy) is 2. The van der Waals surface area contributed by atoms with Crippen molar-refractivity contribution in [2.24, 2.45) is 11.0 Å². The number of carbonyl (C=O) groups is 2. The molecule has 1 atom stereocenters. The number of nitrogens with one attached hydrogen (secondary N) is 2. The van der Waals surface area contributed by atoms with E-state index in [1.807, 2.05) is 44.4 Å². The summed E-state index contributed by atoms with van der Waals surface area (Å²) >= 11 is 1.50. The van der Waals surface area contributed by atoms with Gasteiger partial charge >= 0.3 is 0 Å². The highest BCUT2D eigenvalue weighted by molar-refractivity contribution is 7.10. The van der Waals surface area contributed by atoms with Crippen LogP contribution in [0.15, 0.2) is 40.8 Å². The van der Waals surface area contributed by atoms with Gasteiger partial charge in [-0.05, 0) is 48.1 Å². The molecule has 2 amide bonds. The summed E-state index contributed by atoms with van der Waals surface area (Å²) in [5.74, 6) is 0.217. The molecule has 0 saturated heterocycles. The summed E-state index contributed by atoms with van der Waals surface area (Å²) in [6.07, 6.45) is 1.71. The standard InChI is InChI=1S/C22H26N4O4S/c1-4-29-19-12-16(7-8-18(19)30-10-9-23)14-24-26-22(28)21(15(2)3)25-20(27)13-17-6-5-11-31-17/h5-8,11-12,14-15,21H,4,10,13H2,1-3H3,(H,25,27)(H,26,28)/t21-/m1/s1. The first-order valence-corrected chi connectivity index (χ1v) is 10.7. The van der Waals surface area contributed by atoms with Crippen LogP contribution in [0.25, 0.3) is 0 Å². The van der Waals surface area contributed by atoms with Gasteiger partial charge in [-0.1, -0.05) is 19.9 Å². The van der Waals surface area contributed by atoms with E-state index in [-0.39, 0.29) is 24.9 Å². The van der Waals surface area contributed by atoms with Crippen LogP contribution in [-0.2, 0) is 16.0 Å². The molecule has 1 heterocycles. The first kappa shape index (κ1) is 23.9. The smallest absolute Gasteiger partial charge is 0.262 e. The van der Waals surface area contributed by atoms with Crippen LogP contribution in [0, 0.1) is 17.2 Å². The SMILES string of the molecule is CCOc1cc(C=NNC(=O)[C@H](NC(=O)Cc2cccs2)C(C)C)ccc1OCC#N. The van der Waals surface area contributed by atoms with Gasteiger partial charge in [-0.25, -0.2) is 5.43 Å². The Morgan fingerprint density at radius 3 is 2.71 bits per heavy atom. The van der Waals surface area contributed by atoms with Crippen LogP contribution in [0.5, 0.6) is 11.5 Å². The van der Waals surface area contributed by atoms with Crippen LogP contribution in [-0.4, -0.2) is 37.3 Å². The number of hydrogen-bond donors (Lipinski definition) is 2. The summed E-state index contributed by atoms with van der Waals surface area (Å²) < 4.78 is 10.9. The van der Waals surface area contributed by atoms with Gasteiger partial charge in [-0.15, -0.1) is 11.3 Å². The van der Waals surface area contributed by atoms with Gasteiger partial charge in [0, 0.05) is 4.88 Å². The van der Waals surface area contributed by atoms with Crippen LogP contribution >= 0.6 is 11.3 Å². The minimum atomic E-state index is -0.703. The summed E-state index contributed by atoms with van der Waals surface area (Å²) in [7, 11) is 0. The fraction of sp³-hybridized carbons (Fsp3) is 0.364. The Labute approximate surface area is 185 Å². The highest BCUT2D eigenvalue weighted by Crippen LogP contribution is 2.28. The summed E-state index contributed by atoms with van der Waals surface area (Å²) in [6, 6.07) is 10.1. The van der Waals surface area contributed by atoms with Crippen molar-refractivity contribution in [3.05, 3.63) is 46.2 Å². The number of amides is 2. The molecule has 1 aromatic heterocycles. The Bertz CT molecular complexity index is 935. The zero-order valence-corrected chi connectivity index (χ0v) is 18.6. The Balaban J connectivity index is 1.98. The average Bonchev–Trinajstić information content (AvgIpc) is 3.24. The molecule has 2 N–H and O–H groups in total. The van der Waals surface area contributed by atoms with Crippen molar-refractivity contribution >= 4 is 29.4 Å². The zero-order chi connectivity index (χ0) is 22.6. The molecule has 9 heteroatoms. The lowest BCUT2D eigenvalue weighted by Gasteiger charge is -2.20. The predicted molar refractivity (Wildman–Crippen MR) is 119 cm³/mol. The number of nitriles is 1. The monoisotopic (exact) mass is 442 g/mol. The second kappa shape index (κ2) is 12.3. The van der Waals surface area contributed by atoms with Gasteiger partial charge in [0.15, 0.2) is 18.1 Å². The first-order chi connectivity index (χ1) is 14.9. The van der Waals surface area contributed by atoms with Crippen molar-refractivity contribution < 1.29 is 19.1 Å². The minimum absolute atomic E-state index is 0.0850. The number of rotatable bonds is 11. The Morgan fingerprint density at radius 2 is 2.06 bits per heavy atom. The van der Waals surface area contributed by atoms with Crippen LogP contribution < -0.4 is 20.2 Å². The third-order valence-corrected chi connectivity index (χ3v) is 5.01. The molecule has 1 aromatic carbocycles. The molecule has 0 spiro atoms. The van der Waals surface area contributed by atoms with E-state index in [9.17, 15) is 9.59 Å². The summed E-state index contributed by atoms with van der Waals surface area (Å²) in [6.45, 7) is 5.90. The van der Waals surface area contributed by atoms with Gasteiger partial charge in [0.1, 0.15) is 12.1 Å². The maximum absolute atomic E-state index is 12.5. The summed E-state index contributed by atoms with van der Waals surface area (Å²) in [4.78, 5) is 25.7. The quantitative estimate of drug-likeness (QED) is 0.410. The second-order valence-corrected chi connectivity index (χ2v) is 7.90. The van der Waals surface area contributed by atoms with E-state index < -0.39 is 11.9 Å². The number of carbonyl (C=O) groups excluding carboxylic acids is 2. The van der Waals surface area contributed by atoms with E-state index in [4.69, 9.17) is 14.7 Å². The molecule has 0 saturated carbocycles. The molecule has 0 aliphatic carbocycles. The van der Waals surface area contributed by atoms with E-state index in [1.54, 1.807) is 18.2 Å². The second-order valence-electron chi connectivity index (χ2n) is 6.87. The fourth-order valence-electron chi connectivity index (χ4n) is 2.67. The molecule has 2 aromatic rings. The molecule has 0 radical (unpaired) electrons. The van der Waals surface area contributed by atoms with Crippen LogP contribution in [0.3, 0.4) is 0 Å². The van der Waals surface area contributed by atoms with Crippen LogP contribution in [0.1, 0.15) is 31.2 Å². The highest BCUT2D eigenvalue weighted by atomic mass is 32.1. The van der Waals surface area contributed by atoms with Gasteiger partial charge < -0.3 is 14.8 Å². The number of nitrogens with zero attached hydrogens (tertiary/aromatic N) is 2. The topological polar surface area (TPSA) is 113 Å². The highest BCUT2D eigenvalue weighted by Gasteiger charge is 2.24. The van der Waals surface area contributed by atoms with E-state index in [1.165, 1.54) is 17.6 Å². The number of benzene rings is 1. The minimum Gasteiger partial charge on any atom is -0.490 e. The van der Waals surface area contributed by atoms with E-state index in [2.05, 4.69) is 15.8 Å². The molecular weight excluding hydrogens is 416 g/mol. The number of hydrazone groups is 1. The van der Waals surface area contributed by atoms with E-state index >= 15 is 0 Å². The average molecular weight is 443 g/mol. The van der Waals surface area contributed by atoms with E-state index in [0.29, 0.717) is 23.7 Å². The summed E-state index contributed by atoms with van der Waals surface area (Å²) in [5, 5.41) is 17.3. The Hall–Kier alpha value is -3.38. The molecule has 2 rings (SSSR count). The molecular formula is C22H26N4O4S. The third-order valence-electron chi connectivity index (χ3n) is 4.13. The van der Waals surface area contributed by atoms with Gasteiger partial charge in [-0.3, -0.25) is 9.59 Å². The van der Waals surface area contributed by atoms with Crippen molar-refractivity contribution in [1.29, 1.82) is 5.26 Å². The summed E-state index contributed by atoms with van der Waals surface area (Å²) in [5.41, 5.74) is 3.16. The molecule has 0 aliphatic rings. The van der Waals surface area contributed by atoms with Crippen molar-refractivity contribution in [3.8, 4) is 17.6 Å². The fourth-order valence-corrected chi connectivity index (χ4v) is 3.38. The molecule has 8 nitrogen and oxygen atoms in total. The van der Waals surface area contributed by atoms with Crippen molar-refractivity contribution in [1.82, 2.24) is 10.7 Å². The maximum atomic E-state index is 12.5. The van der Waals surface area contributed by atoms with Gasteiger partial charge in [0.25, 0.3) is 5.91 Å². The molecule has 0 aliphatic heterocycles.